The van der Waals surface area contributed by atoms with E-state index >= 15 is 0 Å². The maximum atomic E-state index is 13.0. The third kappa shape index (κ3) is 3.59. The van der Waals surface area contributed by atoms with Crippen LogP contribution in [0.3, 0.4) is 0 Å². The average Bonchev–Trinajstić information content (AvgIpc) is 3.07. The van der Waals surface area contributed by atoms with Gasteiger partial charge in [-0.3, -0.25) is 14.8 Å². The van der Waals surface area contributed by atoms with Gasteiger partial charge in [-0.2, -0.15) is 0 Å². The number of carbonyl (C=O) groups is 2. The van der Waals surface area contributed by atoms with E-state index in [1.165, 1.54) is 0 Å². The normalized spacial score (nSPS) is 21.5. The molecule has 0 bridgehead atoms. The molecule has 144 valence electrons. The number of amides is 2. The highest BCUT2D eigenvalue weighted by Gasteiger charge is 2.52. The lowest BCUT2D eigenvalue weighted by Crippen LogP contribution is -2.56. The number of hydrogen-bond acceptors (Lipinski definition) is 4. The molecule has 3 atom stereocenters. The number of benzene rings is 1. The molecule has 1 aliphatic rings. The topological polar surface area (TPSA) is 95.7 Å². The van der Waals surface area contributed by atoms with Crippen molar-refractivity contribution in [2.24, 2.45) is 11.1 Å². The molecular weight excluding hydrogens is 354 g/mol. The van der Waals surface area contributed by atoms with Crippen LogP contribution in [0, 0.1) is 5.41 Å². The van der Waals surface area contributed by atoms with Gasteiger partial charge in [-0.25, -0.2) is 5.48 Å². The molecule has 7 heteroatoms. The Balaban J connectivity index is 2.52. The van der Waals surface area contributed by atoms with Crippen LogP contribution in [0.4, 0.5) is 0 Å². The molecule has 0 aliphatic carbocycles. The summed E-state index contributed by atoms with van der Waals surface area (Å²) in [6, 6.07) is 6.21. The summed E-state index contributed by atoms with van der Waals surface area (Å²) in [6.07, 6.45) is 2.38. The van der Waals surface area contributed by atoms with Crippen molar-refractivity contribution in [3.63, 3.8) is 0 Å². The van der Waals surface area contributed by atoms with Gasteiger partial charge in [-0.15, -0.1) is 0 Å². The van der Waals surface area contributed by atoms with E-state index in [0.29, 0.717) is 30.7 Å². The fourth-order valence-electron chi connectivity index (χ4n) is 4.24. The second kappa shape index (κ2) is 8.37. The van der Waals surface area contributed by atoms with Crippen molar-refractivity contribution in [3.05, 3.63) is 34.9 Å². The van der Waals surface area contributed by atoms with Crippen molar-refractivity contribution in [3.8, 4) is 0 Å². The van der Waals surface area contributed by atoms with E-state index in [1.807, 2.05) is 37.5 Å². The summed E-state index contributed by atoms with van der Waals surface area (Å²) in [5.41, 5.74) is 7.79. The molecule has 0 unspecified atom stereocenters. The lowest BCUT2D eigenvalue weighted by molar-refractivity contribution is -0.150. The van der Waals surface area contributed by atoms with E-state index in [2.05, 4.69) is 0 Å². The van der Waals surface area contributed by atoms with Gasteiger partial charge < -0.3 is 10.6 Å². The molecule has 0 saturated carbocycles. The fourth-order valence-corrected chi connectivity index (χ4v) is 4.44. The van der Waals surface area contributed by atoms with E-state index in [4.69, 9.17) is 17.3 Å². The van der Waals surface area contributed by atoms with Crippen LogP contribution < -0.4 is 11.2 Å². The van der Waals surface area contributed by atoms with Crippen molar-refractivity contribution >= 4 is 23.4 Å². The molecule has 1 fully saturated rings. The number of nitrogens with zero attached hydrogens (tertiary/aromatic N) is 1. The molecule has 0 spiro atoms. The maximum absolute atomic E-state index is 13.0. The SMILES string of the molecule is CCC(CC)(C(=O)NO)[C@H]1CC[C@@H](c2cccc(Cl)c2)N1C(=O)[C@@H](C)N. The van der Waals surface area contributed by atoms with Crippen LogP contribution in [0.2, 0.25) is 5.02 Å². The summed E-state index contributed by atoms with van der Waals surface area (Å²) in [5, 5.41) is 9.90. The van der Waals surface area contributed by atoms with Crippen molar-refractivity contribution in [1.29, 1.82) is 0 Å². The lowest BCUT2D eigenvalue weighted by Gasteiger charge is -2.42. The Morgan fingerprint density at radius 3 is 2.54 bits per heavy atom. The quantitative estimate of drug-likeness (QED) is 0.521. The Bertz CT molecular complexity index is 661. The average molecular weight is 382 g/mol. The molecule has 2 rings (SSSR count). The van der Waals surface area contributed by atoms with Crippen LogP contribution in [-0.4, -0.2) is 34.0 Å². The van der Waals surface area contributed by atoms with Crippen LogP contribution in [0.5, 0.6) is 0 Å². The van der Waals surface area contributed by atoms with Gasteiger partial charge in [0, 0.05) is 11.1 Å². The molecule has 1 aliphatic heterocycles. The predicted octanol–water partition coefficient (Wildman–Crippen LogP) is 3.03. The van der Waals surface area contributed by atoms with Crippen LogP contribution in [0.15, 0.2) is 24.3 Å². The molecular formula is C19H28ClN3O3. The van der Waals surface area contributed by atoms with E-state index in [9.17, 15) is 14.8 Å². The molecule has 0 radical (unpaired) electrons. The first-order chi connectivity index (χ1) is 12.3. The minimum absolute atomic E-state index is 0.193. The highest BCUT2D eigenvalue weighted by atomic mass is 35.5. The first-order valence-electron chi connectivity index (χ1n) is 9.10. The number of hydroxylamine groups is 1. The largest absolute Gasteiger partial charge is 0.330 e. The summed E-state index contributed by atoms with van der Waals surface area (Å²) in [5.74, 6) is -0.656. The van der Waals surface area contributed by atoms with Gasteiger partial charge >= 0.3 is 0 Å². The second-order valence-electron chi connectivity index (χ2n) is 7.00. The van der Waals surface area contributed by atoms with E-state index in [0.717, 1.165) is 5.56 Å². The molecule has 1 aromatic rings. The minimum Gasteiger partial charge on any atom is -0.330 e. The summed E-state index contributed by atoms with van der Waals surface area (Å²) < 4.78 is 0. The monoisotopic (exact) mass is 381 g/mol. The second-order valence-corrected chi connectivity index (χ2v) is 7.44. The molecule has 6 nitrogen and oxygen atoms in total. The fraction of sp³-hybridized carbons (Fsp3) is 0.579. The third-order valence-electron chi connectivity index (χ3n) is 5.72. The first kappa shape index (κ1) is 20.7. The molecule has 26 heavy (non-hydrogen) atoms. The smallest absolute Gasteiger partial charge is 0.251 e. The molecule has 1 saturated heterocycles. The Morgan fingerprint density at radius 1 is 1.38 bits per heavy atom. The summed E-state index contributed by atoms with van der Waals surface area (Å²) >= 11 is 6.14. The van der Waals surface area contributed by atoms with Gasteiger partial charge in [0.25, 0.3) is 5.91 Å². The lowest BCUT2D eigenvalue weighted by atomic mass is 9.73. The zero-order valence-corrected chi connectivity index (χ0v) is 16.3. The number of halogens is 1. The summed E-state index contributed by atoms with van der Waals surface area (Å²) in [7, 11) is 0. The van der Waals surface area contributed by atoms with Crippen LogP contribution in [0.1, 0.15) is 58.1 Å². The van der Waals surface area contributed by atoms with E-state index in [-0.39, 0.29) is 18.0 Å². The van der Waals surface area contributed by atoms with Crippen LogP contribution >= 0.6 is 11.6 Å². The van der Waals surface area contributed by atoms with Gasteiger partial charge in [0.05, 0.1) is 17.5 Å². The van der Waals surface area contributed by atoms with Crippen molar-refractivity contribution in [1.82, 2.24) is 10.4 Å². The zero-order valence-electron chi connectivity index (χ0n) is 15.5. The van der Waals surface area contributed by atoms with E-state index in [1.54, 1.807) is 17.9 Å². The first-order valence-corrected chi connectivity index (χ1v) is 9.47. The minimum atomic E-state index is -0.868. The Morgan fingerprint density at radius 2 is 2.04 bits per heavy atom. The predicted molar refractivity (Wildman–Crippen MR) is 101 cm³/mol. The molecule has 1 aromatic carbocycles. The zero-order chi connectivity index (χ0) is 19.5. The number of carbonyl (C=O) groups excluding carboxylic acids is 2. The van der Waals surface area contributed by atoms with Crippen LogP contribution in [-0.2, 0) is 9.59 Å². The van der Waals surface area contributed by atoms with Gasteiger partial charge in [0.15, 0.2) is 0 Å². The van der Waals surface area contributed by atoms with Crippen LogP contribution in [0.25, 0.3) is 0 Å². The number of nitrogens with two attached hydrogens (primary N) is 1. The summed E-state index contributed by atoms with van der Waals surface area (Å²) in [6.45, 7) is 5.46. The number of hydrogen-bond donors (Lipinski definition) is 3. The van der Waals surface area contributed by atoms with Crippen molar-refractivity contribution < 1.29 is 14.8 Å². The van der Waals surface area contributed by atoms with Gasteiger partial charge in [-0.1, -0.05) is 37.6 Å². The van der Waals surface area contributed by atoms with Crippen molar-refractivity contribution in [2.75, 3.05) is 0 Å². The number of nitrogens with one attached hydrogen (secondary N) is 1. The highest BCUT2D eigenvalue weighted by Crippen LogP contribution is 2.47. The Labute approximate surface area is 159 Å². The Kier molecular flexibility index (Phi) is 6.66. The standard InChI is InChI=1S/C19H28ClN3O3/c1-4-19(5-2,18(25)22-26)16-10-9-15(23(16)17(24)12(3)21)13-7-6-8-14(20)11-13/h6-8,11-12,15-16,26H,4-5,9-10,21H2,1-3H3,(H,22,25)/t12-,15+,16-/m1/s1. The Hall–Kier alpha value is -1.63. The molecule has 2 amide bonds. The van der Waals surface area contributed by atoms with Gasteiger partial charge in [0.1, 0.15) is 0 Å². The molecule has 4 N–H and O–H groups in total. The van der Waals surface area contributed by atoms with E-state index < -0.39 is 17.4 Å². The number of likely N-dealkylation sites (tertiary alicyclic amines) is 1. The van der Waals surface area contributed by atoms with Gasteiger partial charge in [0.2, 0.25) is 5.91 Å². The van der Waals surface area contributed by atoms with Gasteiger partial charge in [-0.05, 0) is 50.3 Å². The number of rotatable bonds is 6. The maximum Gasteiger partial charge on any atom is 0.251 e. The highest BCUT2D eigenvalue weighted by molar-refractivity contribution is 6.30. The molecule has 1 heterocycles. The molecule has 0 aromatic heterocycles. The van der Waals surface area contributed by atoms with Crippen molar-refractivity contribution in [2.45, 2.75) is 64.6 Å². The summed E-state index contributed by atoms with van der Waals surface area (Å²) in [4.78, 5) is 27.3. The third-order valence-corrected chi connectivity index (χ3v) is 5.95.